The summed E-state index contributed by atoms with van der Waals surface area (Å²) in [6.45, 7) is 3.84. The average molecular weight is 513 g/mol. The molecule has 2 N–H and O–H groups in total. The number of amides is 2. The number of methoxy groups -OCH3 is 1. The molecule has 1 unspecified atom stereocenters. The highest BCUT2D eigenvalue weighted by atomic mass is 35.5. The van der Waals surface area contributed by atoms with Crippen LogP contribution in [-0.2, 0) is 22.4 Å². The van der Waals surface area contributed by atoms with Crippen LogP contribution in [-0.4, -0.2) is 30.9 Å². The van der Waals surface area contributed by atoms with Crippen molar-refractivity contribution in [2.45, 2.75) is 32.7 Å². The molecule has 35 heavy (non-hydrogen) atoms. The predicted octanol–water partition coefficient (Wildman–Crippen LogP) is 5.63. The van der Waals surface area contributed by atoms with Crippen molar-refractivity contribution in [1.29, 1.82) is 0 Å². The normalized spacial score (nSPS) is 11.5. The molecule has 3 aromatic carbocycles. The van der Waals surface area contributed by atoms with Gasteiger partial charge in [0.25, 0.3) is 11.8 Å². The first-order chi connectivity index (χ1) is 16.7. The summed E-state index contributed by atoms with van der Waals surface area (Å²) in [6, 6.07) is 16.6. The number of benzene rings is 3. The Morgan fingerprint density at radius 1 is 0.886 bits per heavy atom. The molecule has 182 valence electrons. The van der Waals surface area contributed by atoms with Gasteiger partial charge >= 0.3 is 5.97 Å². The molecular weight excluding hydrogens is 487 g/mol. The lowest BCUT2D eigenvalue weighted by Crippen LogP contribution is -2.43. The van der Waals surface area contributed by atoms with Crippen molar-refractivity contribution in [1.82, 2.24) is 5.32 Å². The van der Waals surface area contributed by atoms with Crippen LogP contribution in [0.1, 0.15) is 44.3 Å². The van der Waals surface area contributed by atoms with E-state index >= 15 is 0 Å². The minimum Gasteiger partial charge on any atom is -0.467 e. The minimum atomic E-state index is -0.876. The fourth-order valence-electron chi connectivity index (χ4n) is 3.78. The SMILES string of the molecule is CCc1cccc(C)c1C(=O)NC(Cc1ccc(NC(=O)c2c(Cl)cccc2Cl)cc1)C(=O)OC. The molecule has 0 spiro atoms. The molecule has 0 aliphatic carbocycles. The number of carbonyl (C=O) groups excluding carboxylic acids is 3. The third-order valence-electron chi connectivity index (χ3n) is 5.60. The van der Waals surface area contributed by atoms with Crippen molar-refractivity contribution < 1.29 is 19.1 Å². The van der Waals surface area contributed by atoms with Crippen molar-refractivity contribution in [3.8, 4) is 0 Å². The largest absolute Gasteiger partial charge is 0.467 e. The topological polar surface area (TPSA) is 84.5 Å². The number of halogens is 2. The van der Waals surface area contributed by atoms with Gasteiger partial charge < -0.3 is 15.4 Å². The van der Waals surface area contributed by atoms with E-state index < -0.39 is 17.9 Å². The molecular formula is C27H26Cl2N2O4. The smallest absolute Gasteiger partial charge is 0.328 e. The Balaban J connectivity index is 1.74. The number of rotatable bonds is 8. The highest BCUT2D eigenvalue weighted by Crippen LogP contribution is 2.25. The Morgan fingerprint density at radius 2 is 1.51 bits per heavy atom. The monoisotopic (exact) mass is 512 g/mol. The second kappa shape index (κ2) is 11.9. The van der Waals surface area contributed by atoms with Gasteiger partial charge in [0.15, 0.2) is 0 Å². The fraction of sp³-hybridized carbons (Fsp3) is 0.222. The third kappa shape index (κ3) is 6.41. The lowest BCUT2D eigenvalue weighted by molar-refractivity contribution is -0.142. The summed E-state index contributed by atoms with van der Waals surface area (Å²) in [5.74, 6) is -1.30. The summed E-state index contributed by atoms with van der Waals surface area (Å²) in [5, 5.41) is 6.08. The van der Waals surface area contributed by atoms with Crippen LogP contribution in [0.25, 0.3) is 0 Å². The van der Waals surface area contributed by atoms with E-state index in [1.807, 2.05) is 32.0 Å². The van der Waals surface area contributed by atoms with Crippen LogP contribution in [0.4, 0.5) is 5.69 Å². The molecule has 0 aliphatic heterocycles. The molecule has 1 atom stereocenters. The first kappa shape index (κ1) is 26.3. The summed E-state index contributed by atoms with van der Waals surface area (Å²) < 4.78 is 4.92. The molecule has 0 bridgehead atoms. The Morgan fingerprint density at radius 3 is 2.11 bits per heavy atom. The van der Waals surface area contributed by atoms with Crippen LogP contribution >= 0.6 is 23.2 Å². The number of nitrogens with one attached hydrogen (secondary N) is 2. The van der Waals surface area contributed by atoms with Gasteiger partial charge in [-0.15, -0.1) is 0 Å². The van der Waals surface area contributed by atoms with Crippen molar-refractivity contribution in [2.24, 2.45) is 0 Å². The van der Waals surface area contributed by atoms with Crippen LogP contribution in [0.5, 0.6) is 0 Å². The zero-order valence-electron chi connectivity index (χ0n) is 19.7. The lowest BCUT2D eigenvalue weighted by Gasteiger charge is -2.19. The van der Waals surface area contributed by atoms with Crippen LogP contribution in [0.15, 0.2) is 60.7 Å². The van der Waals surface area contributed by atoms with Gasteiger partial charge in [-0.25, -0.2) is 4.79 Å². The first-order valence-corrected chi connectivity index (χ1v) is 11.8. The maximum Gasteiger partial charge on any atom is 0.328 e. The number of hydrogen-bond acceptors (Lipinski definition) is 4. The molecule has 0 saturated carbocycles. The minimum absolute atomic E-state index is 0.191. The number of ether oxygens (including phenoxy) is 1. The van der Waals surface area contributed by atoms with Gasteiger partial charge in [-0.05, 0) is 54.3 Å². The first-order valence-electron chi connectivity index (χ1n) is 11.1. The number of esters is 1. The number of carbonyl (C=O) groups is 3. The van der Waals surface area contributed by atoms with Gasteiger partial charge in [0.2, 0.25) is 0 Å². The lowest BCUT2D eigenvalue weighted by atomic mass is 9.98. The molecule has 0 heterocycles. The van der Waals surface area contributed by atoms with Gasteiger partial charge in [0.05, 0.1) is 22.7 Å². The summed E-state index contributed by atoms with van der Waals surface area (Å²) in [5.41, 5.74) is 3.81. The van der Waals surface area contributed by atoms with Crippen molar-refractivity contribution >= 4 is 46.7 Å². The summed E-state index contributed by atoms with van der Waals surface area (Å²) in [4.78, 5) is 38.1. The van der Waals surface area contributed by atoms with E-state index in [4.69, 9.17) is 27.9 Å². The molecule has 2 amide bonds. The Kier molecular flexibility index (Phi) is 8.90. The van der Waals surface area contributed by atoms with Crippen LogP contribution in [0.2, 0.25) is 10.0 Å². The van der Waals surface area contributed by atoms with Gasteiger partial charge in [-0.2, -0.15) is 0 Å². The standard InChI is InChI=1S/C27H26Cl2N2O4/c1-4-18-8-5-7-16(2)23(18)25(32)31-22(27(34)35-3)15-17-11-13-19(14-12-17)30-26(33)24-20(28)9-6-10-21(24)29/h5-14,22H,4,15H2,1-3H3,(H,30,33)(H,31,32). The Labute approximate surface area is 214 Å². The van der Waals surface area contributed by atoms with E-state index in [0.29, 0.717) is 17.7 Å². The highest BCUT2D eigenvalue weighted by Gasteiger charge is 2.24. The second-order valence-corrected chi connectivity index (χ2v) is 8.78. The van der Waals surface area contributed by atoms with Gasteiger partial charge in [0, 0.05) is 17.7 Å². The van der Waals surface area contributed by atoms with E-state index in [2.05, 4.69) is 10.6 Å². The molecule has 3 aromatic rings. The Hall–Kier alpha value is -3.35. The molecule has 0 aliphatic rings. The molecule has 0 fully saturated rings. The van der Waals surface area contributed by atoms with Crippen LogP contribution in [0.3, 0.4) is 0 Å². The maximum atomic E-state index is 13.0. The third-order valence-corrected chi connectivity index (χ3v) is 6.23. The predicted molar refractivity (Wildman–Crippen MR) is 138 cm³/mol. The zero-order valence-corrected chi connectivity index (χ0v) is 21.2. The van der Waals surface area contributed by atoms with E-state index in [1.165, 1.54) is 7.11 Å². The van der Waals surface area contributed by atoms with Crippen LogP contribution in [0, 0.1) is 6.92 Å². The number of hydrogen-bond donors (Lipinski definition) is 2. The molecule has 0 radical (unpaired) electrons. The van der Waals surface area contributed by atoms with Gasteiger partial charge in [-0.1, -0.05) is 66.5 Å². The van der Waals surface area contributed by atoms with E-state index in [-0.39, 0.29) is 27.9 Å². The quantitative estimate of drug-likeness (QED) is 0.383. The fourth-order valence-corrected chi connectivity index (χ4v) is 4.35. The summed E-state index contributed by atoms with van der Waals surface area (Å²) >= 11 is 12.2. The summed E-state index contributed by atoms with van der Waals surface area (Å²) in [6.07, 6.45) is 0.913. The van der Waals surface area contributed by atoms with Gasteiger partial charge in [-0.3, -0.25) is 9.59 Å². The molecule has 0 saturated heterocycles. The van der Waals surface area contributed by atoms with Crippen molar-refractivity contribution in [3.05, 3.63) is 98.5 Å². The van der Waals surface area contributed by atoms with E-state index in [9.17, 15) is 14.4 Å². The van der Waals surface area contributed by atoms with E-state index in [1.54, 1.807) is 42.5 Å². The van der Waals surface area contributed by atoms with Crippen molar-refractivity contribution in [2.75, 3.05) is 12.4 Å². The van der Waals surface area contributed by atoms with Crippen molar-refractivity contribution in [3.63, 3.8) is 0 Å². The van der Waals surface area contributed by atoms with Crippen LogP contribution < -0.4 is 10.6 Å². The molecule has 6 nitrogen and oxygen atoms in total. The number of aryl methyl sites for hydroxylation is 2. The van der Waals surface area contributed by atoms with E-state index in [0.717, 1.165) is 16.7 Å². The molecule has 0 aromatic heterocycles. The number of anilines is 1. The maximum absolute atomic E-state index is 13.0. The highest BCUT2D eigenvalue weighted by molar-refractivity contribution is 6.40. The molecule has 3 rings (SSSR count). The van der Waals surface area contributed by atoms with Gasteiger partial charge in [0.1, 0.15) is 6.04 Å². The molecule has 8 heteroatoms. The summed E-state index contributed by atoms with van der Waals surface area (Å²) in [7, 11) is 1.28. The second-order valence-electron chi connectivity index (χ2n) is 7.96. The Bertz CT molecular complexity index is 1220. The average Bonchev–Trinajstić information content (AvgIpc) is 2.83. The zero-order chi connectivity index (χ0) is 25.5.